The van der Waals surface area contributed by atoms with Crippen LogP contribution in [0.4, 0.5) is 11.4 Å². The maximum atomic E-state index is 13.0. The predicted molar refractivity (Wildman–Crippen MR) is 109 cm³/mol. The van der Waals surface area contributed by atoms with Crippen LogP contribution in [0.1, 0.15) is 11.1 Å². The number of likely N-dealkylation sites (N-methyl/N-ethyl adjacent to an activating group) is 2. The van der Waals surface area contributed by atoms with Crippen LogP contribution in [0.15, 0.2) is 42.0 Å². The molecule has 0 atom stereocenters. The van der Waals surface area contributed by atoms with E-state index in [-0.39, 0.29) is 33.2 Å². The van der Waals surface area contributed by atoms with Crippen molar-refractivity contribution in [2.75, 3.05) is 14.1 Å². The summed E-state index contributed by atoms with van der Waals surface area (Å²) in [4.78, 5) is 49.6. The summed E-state index contributed by atoms with van der Waals surface area (Å²) in [5.74, 6) is -1.30. The number of nitro groups is 2. The molecule has 2 amide bonds. The zero-order chi connectivity index (χ0) is 21.9. The van der Waals surface area contributed by atoms with Crippen molar-refractivity contribution in [1.82, 2.24) is 9.80 Å². The normalized spacial score (nSPS) is 15.5. The van der Waals surface area contributed by atoms with Gasteiger partial charge in [0.2, 0.25) is 0 Å². The van der Waals surface area contributed by atoms with Crippen LogP contribution >= 0.6 is 12.2 Å². The first kappa shape index (κ1) is 19.3. The highest BCUT2D eigenvalue weighted by Gasteiger charge is 2.41. The van der Waals surface area contributed by atoms with Gasteiger partial charge in [-0.1, -0.05) is 0 Å². The summed E-state index contributed by atoms with van der Waals surface area (Å²) in [6.45, 7) is 0. The maximum absolute atomic E-state index is 13.0. The van der Waals surface area contributed by atoms with Gasteiger partial charge in [-0.15, -0.1) is 0 Å². The molecule has 1 aliphatic carbocycles. The van der Waals surface area contributed by atoms with Crippen LogP contribution < -0.4 is 0 Å². The van der Waals surface area contributed by atoms with Gasteiger partial charge in [0.15, 0.2) is 5.11 Å². The number of non-ortho nitro benzene ring substituents is 2. The Labute approximate surface area is 174 Å². The fourth-order valence-electron chi connectivity index (χ4n) is 3.63. The van der Waals surface area contributed by atoms with Gasteiger partial charge in [0.05, 0.1) is 9.85 Å². The molecule has 0 saturated carbocycles. The molecule has 0 spiro atoms. The van der Waals surface area contributed by atoms with E-state index in [0.29, 0.717) is 16.7 Å². The van der Waals surface area contributed by atoms with Crippen LogP contribution in [-0.4, -0.2) is 50.7 Å². The number of carbonyl (C=O) groups excluding carboxylic acids is 2. The lowest BCUT2D eigenvalue weighted by molar-refractivity contribution is -0.385. The van der Waals surface area contributed by atoms with Gasteiger partial charge in [-0.2, -0.15) is 0 Å². The average Bonchev–Trinajstić information content (AvgIpc) is 3.04. The highest BCUT2D eigenvalue weighted by molar-refractivity contribution is 7.80. The van der Waals surface area contributed by atoms with Gasteiger partial charge in [-0.05, 0) is 46.6 Å². The Morgan fingerprint density at radius 3 is 1.70 bits per heavy atom. The fourth-order valence-corrected chi connectivity index (χ4v) is 3.79. The molecule has 4 rings (SSSR count). The molecule has 11 heteroatoms. The number of rotatable bonds is 2. The zero-order valence-electron chi connectivity index (χ0n) is 15.6. The molecule has 10 nitrogen and oxygen atoms in total. The Hall–Kier alpha value is -3.99. The number of thiocarbonyl (C=S) groups is 1. The van der Waals surface area contributed by atoms with Crippen molar-refractivity contribution in [3.8, 4) is 11.1 Å². The minimum atomic E-state index is -0.651. The van der Waals surface area contributed by atoms with E-state index in [1.807, 2.05) is 0 Å². The minimum Gasteiger partial charge on any atom is -0.288 e. The lowest BCUT2D eigenvalue weighted by Gasteiger charge is -2.32. The number of fused-ring (bicyclic) bond motifs is 3. The SMILES string of the molecule is CN1C(=O)C(=C2c3cc([N+](=O)[O-])ccc3-c3cc([N+](=O)[O-])ccc32)C(=O)N(C)C1=S. The van der Waals surface area contributed by atoms with Gasteiger partial charge >= 0.3 is 0 Å². The van der Waals surface area contributed by atoms with Crippen molar-refractivity contribution >= 4 is 46.1 Å². The van der Waals surface area contributed by atoms with Gasteiger partial charge < -0.3 is 0 Å². The summed E-state index contributed by atoms with van der Waals surface area (Å²) in [5.41, 5.74) is 1.13. The van der Waals surface area contributed by atoms with Crippen molar-refractivity contribution in [2.24, 2.45) is 0 Å². The molecule has 1 saturated heterocycles. The molecule has 0 unspecified atom stereocenters. The highest BCUT2D eigenvalue weighted by Crippen LogP contribution is 2.48. The number of benzene rings is 2. The van der Waals surface area contributed by atoms with E-state index < -0.39 is 21.7 Å². The molecule has 0 aromatic heterocycles. The molecule has 0 radical (unpaired) electrons. The Balaban J connectivity index is 2.10. The number of amides is 2. The molecule has 30 heavy (non-hydrogen) atoms. The average molecular weight is 424 g/mol. The first-order chi connectivity index (χ1) is 14.1. The Bertz CT molecular complexity index is 1230. The molecule has 0 N–H and O–H groups in total. The quantitative estimate of drug-likeness (QED) is 0.203. The third-order valence-corrected chi connectivity index (χ3v) is 5.67. The standard InChI is InChI=1S/C19H12N4O6S/c1-20-17(24)16(18(25)21(2)19(20)30)15-12-6-4-9(22(26)27)7-13(12)11-5-3-10(23(28)29)8-14(11)15/h3-8H,1-2H3. The number of hydrogen-bond acceptors (Lipinski definition) is 7. The summed E-state index contributed by atoms with van der Waals surface area (Å²) in [7, 11) is 2.85. The Morgan fingerprint density at radius 1 is 0.733 bits per heavy atom. The van der Waals surface area contributed by atoms with Crippen molar-refractivity contribution in [1.29, 1.82) is 0 Å². The molecule has 1 heterocycles. The molecule has 1 aliphatic heterocycles. The smallest absolute Gasteiger partial charge is 0.270 e. The van der Waals surface area contributed by atoms with Crippen LogP contribution in [0.3, 0.4) is 0 Å². The summed E-state index contributed by atoms with van der Waals surface area (Å²) >= 11 is 5.11. The van der Waals surface area contributed by atoms with Crippen LogP contribution in [0.2, 0.25) is 0 Å². The van der Waals surface area contributed by atoms with Crippen molar-refractivity contribution < 1.29 is 19.4 Å². The predicted octanol–water partition coefficient (Wildman–Crippen LogP) is 2.50. The van der Waals surface area contributed by atoms with Crippen LogP contribution in [0.5, 0.6) is 0 Å². The minimum absolute atomic E-state index is 0.0236. The second kappa shape index (κ2) is 6.52. The van der Waals surface area contributed by atoms with E-state index >= 15 is 0 Å². The summed E-state index contributed by atoms with van der Waals surface area (Å²) < 4.78 is 0. The second-order valence-corrected chi connectivity index (χ2v) is 7.10. The van der Waals surface area contributed by atoms with Gasteiger partial charge in [0.25, 0.3) is 23.2 Å². The maximum Gasteiger partial charge on any atom is 0.270 e. The number of hydrogen-bond donors (Lipinski definition) is 0. The van der Waals surface area contributed by atoms with Crippen molar-refractivity contribution in [3.63, 3.8) is 0 Å². The third kappa shape index (κ3) is 2.59. The van der Waals surface area contributed by atoms with E-state index in [1.54, 1.807) is 0 Å². The Morgan fingerprint density at radius 2 is 1.20 bits per heavy atom. The van der Waals surface area contributed by atoms with Gasteiger partial charge in [0.1, 0.15) is 5.57 Å². The third-order valence-electron chi connectivity index (χ3n) is 5.12. The van der Waals surface area contributed by atoms with Crippen molar-refractivity contribution in [2.45, 2.75) is 0 Å². The molecule has 0 bridgehead atoms. The summed E-state index contributed by atoms with van der Waals surface area (Å²) in [5, 5.41) is 22.6. The van der Waals surface area contributed by atoms with E-state index in [2.05, 4.69) is 0 Å². The lowest BCUT2D eigenvalue weighted by Crippen LogP contribution is -2.53. The van der Waals surface area contributed by atoms with E-state index in [0.717, 1.165) is 9.80 Å². The molecule has 2 aromatic carbocycles. The summed E-state index contributed by atoms with van der Waals surface area (Å²) in [6, 6.07) is 8.01. The fraction of sp³-hybridized carbons (Fsp3) is 0.105. The van der Waals surface area contributed by atoms with E-state index in [4.69, 9.17) is 12.2 Å². The topological polar surface area (TPSA) is 127 Å². The highest BCUT2D eigenvalue weighted by atomic mass is 32.1. The van der Waals surface area contributed by atoms with Gasteiger partial charge in [-0.3, -0.25) is 39.6 Å². The molecule has 1 fully saturated rings. The summed E-state index contributed by atoms with van der Waals surface area (Å²) in [6.07, 6.45) is 0. The Kier molecular flexibility index (Phi) is 4.20. The van der Waals surface area contributed by atoms with Crippen molar-refractivity contribution in [3.05, 3.63) is 73.3 Å². The van der Waals surface area contributed by atoms with Crippen LogP contribution in [0, 0.1) is 20.2 Å². The van der Waals surface area contributed by atoms with E-state index in [1.165, 1.54) is 50.5 Å². The molecular weight excluding hydrogens is 412 g/mol. The molecule has 150 valence electrons. The monoisotopic (exact) mass is 424 g/mol. The lowest BCUT2D eigenvalue weighted by atomic mass is 9.95. The van der Waals surface area contributed by atoms with Crippen LogP contribution in [-0.2, 0) is 9.59 Å². The van der Waals surface area contributed by atoms with Gasteiger partial charge in [-0.25, -0.2) is 0 Å². The molecular formula is C19H12N4O6S. The van der Waals surface area contributed by atoms with Gasteiger partial charge in [0, 0.05) is 43.9 Å². The molecule has 2 aromatic rings. The number of nitro benzene ring substituents is 2. The zero-order valence-corrected chi connectivity index (χ0v) is 16.4. The second-order valence-electron chi connectivity index (χ2n) is 6.73. The van der Waals surface area contributed by atoms with Crippen LogP contribution in [0.25, 0.3) is 16.7 Å². The molecule has 2 aliphatic rings. The number of carbonyl (C=O) groups is 2. The first-order valence-electron chi connectivity index (χ1n) is 8.55. The number of nitrogens with zero attached hydrogens (tertiary/aromatic N) is 4. The van der Waals surface area contributed by atoms with E-state index in [9.17, 15) is 29.8 Å². The first-order valence-corrected chi connectivity index (χ1v) is 8.96. The largest absolute Gasteiger partial charge is 0.288 e.